The van der Waals surface area contributed by atoms with E-state index in [2.05, 4.69) is 40.8 Å². The van der Waals surface area contributed by atoms with Crippen LogP contribution in [0.1, 0.15) is 11.1 Å². The normalized spacial score (nSPS) is 10.3. The molecule has 4 heteroatoms. The van der Waals surface area contributed by atoms with E-state index in [-0.39, 0.29) is 0 Å². The van der Waals surface area contributed by atoms with Crippen LogP contribution in [0.15, 0.2) is 28.2 Å². The number of ether oxygens (including phenoxy) is 1. The summed E-state index contributed by atoms with van der Waals surface area (Å²) in [6, 6.07) is 6.12. The molecule has 1 heterocycles. The molecule has 78 valence electrons. The SMILES string of the molecule is Cc1cc(C)cc(Oc2nc(Br)cs2)c1. The first-order valence-electron chi connectivity index (χ1n) is 4.50. The van der Waals surface area contributed by atoms with Crippen molar-refractivity contribution in [3.05, 3.63) is 39.3 Å². The molecule has 2 nitrogen and oxygen atoms in total. The molecule has 0 aliphatic rings. The van der Waals surface area contributed by atoms with Gasteiger partial charge in [0, 0.05) is 5.38 Å². The Morgan fingerprint density at radius 2 is 1.87 bits per heavy atom. The van der Waals surface area contributed by atoms with Gasteiger partial charge >= 0.3 is 0 Å². The maximum atomic E-state index is 5.64. The number of benzene rings is 1. The van der Waals surface area contributed by atoms with E-state index in [9.17, 15) is 0 Å². The van der Waals surface area contributed by atoms with Crippen molar-refractivity contribution in [3.63, 3.8) is 0 Å². The van der Waals surface area contributed by atoms with Gasteiger partial charge in [-0.2, -0.15) is 4.98 Å². The zero-order valence-corrected chi connectivity index (χ0v) is 10.9. The van der Waals surface area contributed by atoms with Crippen molar-refractivity contribution in [2.75, 3.05) is 0 Å². The number of rotatable bonds is 2. The minimum atomic E-state index is 0.659. The van der Waals surface area contributed by atoms with Gasteiger partial charge in [-0.25, -0.2) is 0 Å². The highest BCUT2D eigenvalue weighted by Gasteiger charge is 2.03. The van der Waals surface area contributed by atoms with Gasteiger partial charge in [0.25, 0.3) is 5.19 Å². The second kappa shape index (κ2) is 4.33. The Morgan fingerprint density at radius 3 is 2.40 bits per heavy atom. The third-order valence-electron chi connectivity index (χ3n) is 1.86. The third kappa shape index (κ3) is 2.79. The van der Waals surface area contributed by atoms with Crippen LogP contribution in [-0.2, 0) is 0 Å². The Morgan fingerprint density at radius 1 is 1.20 bits per heavy atom. The molecule has 1 aromatic heterocycles. The van der Waals surface area contributed by atoms with Gasteiger partial charge in [0.1, 0.15) is 10.4 Å². The summed E-state index contributed by atoms with van der Waals surface area (Å²) in [5.41, 5.74) is 2.39. The molecule has 2 aromatic rings. The Labute approximate surface area is 101 Å². The molecule has 0 atom stereocenters. The highest BCUT2D eigenvalue weighted by atomic mass is 79.9. The van der Waals surface area contributed by atoms with Crippen molar-refractivity contribution in [3.8, 4) is 10.9 Å². The Kier molecular flexibility index (Phi) is 3.07. The Bertz CT molecular complexity index is 461. The van der Waals surface area contributed by atoms with Crippen molar-refractivity contribution in [1.82, 2.24) is 4.98 Å². The van der Waals surface area contributed by atoms with Crippen LogP contribution in [0.3, 0.4) is 0 Å². The van der Waals surface area contributed by atoms with E-state index in [1.54, 1.807) is 0 Å². The van der Waals surface area contributed by atoms with Gasteiger partial charge < -0.3 is 4.74 Å². The lowest BCUT2D eigenvalue weighted by Crippen LogP contribution is -1.85. The summed E-state index contributed by atoms with van der Waals surface area (Å²) < 4.78 is 6.45. The van der Waals surface area contributed by atoms with Crippen molar-refractivity contribution < 1.29 is 4.74 Å². The van der Waals surface area contributed by atoms with E-state index >= 15 is 0 Å². The molecular weight excluding hydrogens is 274 g/mol. The largest absolute Gasteiger partial charge is 0.431 e. The zero-order chi connectivity index (χ0) is 10.8. The fraction of sp³-hybridized carbons (Fsp3) is 0.182. The molecule has 0 radical (unpaired) electrons. The Balaban J connectivity index is 2.24. The minimum absolute atomic E-state index is 0.659. The predicted molar refractivity (Wildman–Crippen MR) is 65.8 cm³/mol. The molecule has 0 unspecified atom stereocenters. The molecule has 0 saturated heterocycles. The molecule has 0 fully saturated rings. The van der Waals surface area contributed by atoms with E-state index in [1.165, 1.54) is 22.5 Å². The third-order valence-corrected chi connectivity index (χ3v) is 3.28. The number of hydrogen-bond acceptors (Lipinski definition) is 3. The van der Waals surface area contributed by atoms with Crippen LogP contribution in [0.4, 0.5) is 0 Å². The molecule has 15 heavy (non-hydrogen) atoms. The van der Waals surface area contributed by atoms with Crippen LogP contribution in [-0.4, -0.2) is 4.98 Å². The number of nitrogens with zero attached hydrogens (tertiary/aromatic N) is 1. The lowest BCUT2D eigenvalue weighted by molar-refractivity contribution is 0.477. The molecule has 0 spiro atoms. The quantitative estimate of drug-likeness (QED) is 0.819. The van der Waals surface area contributed by atoms with Gasteiger partial charge in [-0.1, -0.05) is 17.4 Å². The van der Waals surface area contributed by atoms with Gasteiger partial charge in [0.2, 0.25) is 0 Å². The minimum Gasteiger partial charge on any atom is -0.431 e. The number of thiazole rings is 1. The molecular formula is C11H10BrNOS. The molecule has 0 amide bonds. The fourth-order valence-electron chi connectivity index (χ4n) is 1.38. The molecule has 0 saturated carbocycles. The second-order valence-electron chi connectivity index (χ2n) is 3.36. The van der Waals surface area contributed by atoms with Gasteiger partial charge in [-0.05, 0) is 53.0 Å². The molecule has 0 aliphatic carbocycles. The number of aryl methyl sites for hydroxylation is 2. The number of aromatic nitrogens is 1. The van der Waals surface area contributed by atoms with E-state index in [0.29, 0.717) is 5.19 Å². The van der Waals surface area contributed by atoms with Crippen LogP contribution in [0, 0.1) is 13.8 Å². The van der Waals surface area contributed by atoms with E-state index in [0.717, 1.165) is 10.4 Å². The van der Waals surface area contributed by atoms with Crippen molar-refractivity contribution in [1.29, 1.82) is 0 Å². The molecule has 0 aliphatic heterocycles. The monoisotopic (exact) mass is 283 g/mol. The lowest BCUT2D eigenvalue weighted by atomic mass is 10.1. The average molecular weight is 284 g/mol. The van der Waals surface area contributed by atoms with E-state index in [4.69, 9.17) is 4.74 Å². The average Bonchev–Trinajstić information content (AvgIpc) is 2.49. The Hall–Kier alpha value is -0.870. The maximum absolute atomic E-state index is 5.64. The van der Waals surface area contributed by atoms with Gasteiger partial charge in [-0.3, -0.25) is 0 Å². The molecule has 1 aromatic carbocycles. The molecule has 0 bridgehead atoms. The van der Waals surface area contributed by atoms with Crippen molar-refractivity contribution in [2.24, 2.45) is 0 Å². The number of hydrogen-bond donors (Lipinski definition) is 0. The highest BCUT2D eigenvalue weighted by molar-refractivity contribution is 9.10. The summed E-state index contributed by atoms with van der Waals surface area (Å²) in [4.78, 5) is 4.18. The number of halogens is 1. The summed E-state index contributed by atoms with van der Waals surface area (Å²) in [7, 11) is 0. The first kappa shape index (κ1) is 10.6. The van der Waals surface area contributed by atoms with Crippen LogP contribution >= 0.6 is 27.3 Å². The van der Waals surface area contributed by atoms with Gasteiger partial charge in [0.15, 0.2) is 0 Å². The summed E-state index contributed by atoms with van der Waals surface area (Å²) in [6.07, 6.45) is 0. The molecule has 2 rings (SSSR count). The topological polar surface area (TPSA) is 22.1 Å². The highest BCUT2D eigenvalue weighted by Crippen LogP contribution is 2.28. The van der Waals surface area contributed by atoms with Crippen LogP contribution in [0.2, 0.25) is 0 Å². The van der Waals surface area contributed by atoms with Gasteiger partial charge in [-0.15, -0.1) is 0 Å². The van der Waals surface area contributed by atoms with Gasteiger partial charge in [0.05, 0.1) is 0 Å². The second-order valence-corrected chi connectivity index (χ2v) is 4.99. The predicted octanol–water partition coefficient (Wildman–Crippen LogP) is 4.31. The summed E-state index contributed by atoms with van der Waals surface area (Å²) in [6.45, 7) is 4.11. The summed E-state index contributed by atoms with van der Waals surface area (Å²) in [5, 5.41) is 2.56. The lowest BCUT2D eigenvalue weighted by Gasteiger charge is -2.04. The first-order chi connectivity index (χ1) is 7.13. The van der Waals surface area contributed by atoms with Crippen LogP contribution in [0.5, 0.6) is 10.9 Å². The standard InChI is InChI=1S/C11H10BrNOS/c1-7-3-8(2)5-9(4-7)14-11-13-10(12)6-15-11/h3-6H,1-2H3. The van der Waals surface area contributed by atoms with Crippen molar-refractivity contribution in [2.45, 2.75) is 13.8 Å². The molecule has 0 N–H and O–H groups in total. The fourth-order valence-corrected chi connectivity index (χ4v) is 2.48. The maximum Gasteiger partial charge on any atom is 0.279 e. The smallest absolute Gasteiger partial charge is 0.279 e. The summed E-state index contributed by atoms with van der Waals surface area (Å²) >= 11 is 4.77. The zero-order valence-electron chi connectivity index (χ0n) is 8.45. The van der Waals surface area contributed by atoms with Crippen molar-refractivity contribution >= 4 is 27.3 Å². The van der Waals surface area contributed by atoms with E-state index in [1.807, 2.05) is 17.5 Å². The summed E-state index contributed by atoms with van der Waals surface area (Å²) in [5.74, 6) is 0.842. The van der Waals surface area contributed by atoms with Crippen LogP contribution < -0.4 is 4.74 Å². The first-order valence-corrected chi connectivity index (χ1v) is 6.18. The van der Waals surface area contributed by atoms with E-state index < -0.39 is 0 Å². The van der Waals surface area contributed by atoms with Crippen LogP contribution in [0.25, 0.3) is 0 Å².